The Bertz CT molecular complexity index is 909. The van der Waals surface area contributed by atoms with E-state index in [1.54, 1.807) is 32.0 Å². The molecule has 0 saturated heterocycles. The largest absolute Gasteiger partial charge is 0.488 e. The highest BCUT2D eigenvalue weighted by molar-refractivity contribution is 5.78. The highest BCUT2D eigenvalue weighted by Gasteiger charge is 2.16. The molecular weight excluding hydrogens is 347 g/mol. The second-order valence-electron chi connectivity index (χ2n) is 6.27. The molecule has 6 heteroatoms. The fraction of sp³-hybridized carbons (Fsp3) is 0.238. The number of aryl methyl sites for hydroxylation is 1. The zero-order chi connectivity index (χ0) is 19.2. The Hall–Kier alpha value is -3.15. The van der Waals surface area contributed by atoms with Crippen molar-refractivity contribution in [1.82, 2.24) is 10.3 Å². The molecule has 140 valence electrons. The highest BCUT2D eigenvalue weighted by Crippen LogP contribution is 2.21. The van der Waals surface area contributed by atoms with Crippen LogP contribution in [0.25, 0.3) is 11.5 Å². The highest BCUT2D eigenvalue weighted by atomic mass is 19.1. The van der Waals surface area contributed by atoms with E-state index in [0.29, 0.717) is 17.3 Å². The second-order valence-corrected chi connectivity index (χ2v) is 6.27. The van der Waals surface area contributed by atoms with E-state index in [1.165, 1.54) is 6.07 Å². The molecule has 0 aliphatic heterocycles. The second kappa shape index (κ2) is 8.49. The van der Waals surface area contributed by atoms with Gasteiger partial charge in [-0.2, -0.15) is 0 Å². The summed E-state index contributed by atoms with van der Waals surface area (Å²) < 4.78 is 24.6. The molecule has 0 bridgehead atoms. The normalized spacial score (nSPS) is 11.8. The minimum Gasteiger partial charge on any atom is -0.488 e. The molecule has 1 aromatic heterocycles. The summed E-state index contributed by atoms with van der Waals surface area (Å²) in [5.41, 5.74) is 1.45. The van der Waals surface area contributed by atoms with Crippen molar-refractivity contribution in [3.63, 3.8) is 0 Å². The van der Waals surface area contributed by atoms with Gasteiger partial charge in [0.1, 0.15) is 12.4 Å². The van der Waals surface area contributed by atoms with Crippen molar-refractivity contribution in [3.05, 3.63) is 71.9 Å². The van der Waals surface area contributed by atoms with Gasteiger partial charge in [-0.15, -0.1) is 0 Å². The van der Waals surface area contributed by atoms with Crippen molar-refractivity contribution in [2.45, 2.75) is 26.3 Å². The van der Waals surface area contributed by atoms with Crippen molar-refractivity contribution < 1.29 is 18.3 Å². The van der Waals surface area contributed by atoms with Gasteiger partial charge in [0.05, 0.1) is 18.2 Å². The first kappa shape index (κ1) is 18.6. The molecule has 3 aromatic rings. The third kappa shape index (κ3) is 4.94. The number of oxazole rings is 1. The quantitative estimate of drug-likeness (QED) is 0.687. The van der Waals surface area contributed by atoms with Crippen LogP contribution in [-0.4, -0.2) is 23.5 Å². The number of nitrogens with one attached hydrogen (secondary N) is 1. The predicted octanol–water partition coefficient (Wildman–Crippen LogP) is 3.92. The number of carbonyl (C=O) groups is 1. The van der Waals surface area contributed by atoms with Crippen LogP contribution < -0.4 is 10.1 Å². The number of benzene rings is 2. The molecule has 0 aliphatic carbocycles. The smallest absolute Gasteiger partial charge is 0.226 e. The zero-order valence-electron chi connectivity index (χ0n) is 15.2. The van der Waals surface area contributed by atoms with Crippen LogP contribution in [0.3, 0.4) is 0 Å². The van der Waals surface area contributed by atoms with E-state index in [-0.39, 0.29) is 30.7 Å². The van der Waals surface area contributed by atoms with Crippen LogP contribution in [0.2, 0.25) is 0 Å². The molecule has 0 radical (unpaired) electrons. The molecule has 3 rings (SSSR count). The summed E-state index contributed by atoms with van der Waals surface area (Å²) in [6.45, 7) is 3.75. The lowest BCUT2D eigenvalue weighted by molar-refractivity contribution is -0.121. The Morgan fingerprint density at radius 3 is 2.63 bits per heavy atom. The molecule has 0 aliphatic rings. The van der Waals surface area contributed by atoms with Gasteiger partial charge in [0, 0.05) is 5.56 Å². The maximum Gasteiger partial charge on any atom is 0.226 e. The Labute approximate surface area is 157 Å². The number of ether oxygens (including phenoxy) is 1. The van der Waals surface area contributed by atoms with Gasteiger partial charge in [0.25, 0.3) is 0 Å². The van der Waals surface area contributed by atoms with Gasteiger partial charge in [-0.3, -0.25) is 4.79 Å². The summed E-state index contributed by atoms with van der Waals surface area (Å²) in [5.74, 6) is 0.642. The Balaban J connectivity index is 1.55. The lowest BCUT2D eigenvalue weighted by atomic mass is 10.2. The van der Waals surface area contributed by atoms with Crippen molar-refractivity contribution in [3.8, 4) is 17.2 Å². The van der Waals surface area contributed by atoms with Gasteiger partial charge in [0.2, 0.25) is 11.8 Å². The van der Waals surface area contributed by atoms with Gasteiger partial charge in [-0.05, 0) is 38.1 Å². The summed E-state index contributed by atoms with van der Waals surface area (Å²) in [7, 11) is 0. The van der Waals surface area contributed by atoms with Crippen LogP contribution in [0.1, 0.15) is 18.4 Å². The number of para-hydroxylation sites is 1. The first-order valence-corrected chi connectivity index (χ1v) is 8.71. The first-order chi connectivity index (χ1) is 13.0. The molecule has 5 nitrogen and oxygen atoms in total. The minimum atomic E-state index is -0.428. The third-order valence-electron chi connectivity index (χ3n) is 3.97. The lowest BCUT2D eigenvalue weighted by Gasteiger charge is -2.15. The van der Waals surface area contributed by atoms with E-state index in [1.807, 2.05) is 30.3 Å². The fourth-order valence-electron chi connectivity index (χ4n) is 2.59. The molecular formula is C21H21FN2O3. The molecule has 1 atom stereocenters. The number of nitrogens with zero attached hydrogens (tertiary/aromatic N) is 1. The van der Waals surface area contributed by atoms with Gasteiger partial charge < -0.3 is 14.5 Å². The number of rotatable bonds is 7. The number of halogens is 1. The summed E-state index contributed by atoms with van der Waals surface area (Å²) >= 11 is 0. The van der Waals surface area contributed by atoms with Crippen LogP contribution >= 0.6 is 0 Å². The van der Waals surface area contributed by atoms with Crippen molar-refractivity contribution in [2.24, 2.45) is 0 Å². The van der Waals surface area contributed by atoms with E-state index < -0.39 is 5.82 Å². The lowest BCUT2D eigenvalue weighted by Crippen LogP contribution is -2.37. The number of hydrogen-bond donors (Lipinski definition) is 1. The average molecular weight is 368 g/mol. The molecule has 27 heavy (non-hydrogen) atoms. The molecule has 1 amide bonds. The molecule has 2 aromatic carbocycles. The van der Waals surface area contributed by atoms with Crippen molar-refractivity contribution in [1.29, 1.82) is 0 Å². The van der Waals surface area contributed by atoms with Crippen LogP contribution in [0.15, 0.2) is 59.0 Å². The van der Waals surface area contributed by atoms with Crippen LogP contribution in [0.4, 0.5) is 4.39 Å². The number of amides is 1. The van der Waals surface area contributed by atoms with Crippen molar-refractivity contribution in [2.75, 3.05) is 6.61 Å². The molecule has 0 fully saturated rings. The van der Waals surface area contributed by atoms with Crippen LogP contribution in [0, 0.1) is 12.7 Å². The SMILES string of the molecule is Cc1oc(-c2ccccc2)nc1CC(=O)NC(C)COc1ccccc1F. The molecule has 0 saturated carbocycles. The number of aromatic nitrogens is 1. The number of hydrogen-bond acceptors (Lipinski definition) is 4. The van der Waals surface area contributed by atoms with Crippen molar-refractivity contribution >= 4 is 5.91 Å². The summed E-state index contributed by atoms with van der Waals surface area (Å²) in [5, 5.41) is 2.83. The van der Waals surface area contributed by atoms with Gasteiger partial charge in [-0.25, -0.2) is 9.37 Å². The maximum absolute atomic E-state index is 13.5. The standard InChI is InChI=1S/C21H21FN2O3/c1-14(13-26-19-11-7-6-10-17(19)22)23-20(25)12-18-15(2)27-21(24-18)16-8-4-3-5-9-16/h3-11,14H,12-13H2,1-2H3,(H,23,25). The Morgan fingerprint density at radius 1 is 1.19 bits per heavy atom. The van der Waals surface area contributed by atoms with E-state index in [2.05, 4.69) is 10.3 Å². The van der Waals surface area contributed by atoms with E-state index in [0.717, 1.165) is 5.56 Å². The van der Waals surface area contributed by atoms with E-state index in [9.17, 15) is 9.18 Å². The molecule has 0 spiro atoms. The Kier molecular flexibility index (Phi) is 5.86. The van der Waals surface area contributed by atoms with Gasteiger partial charge in [0.15, 0.2) is 11.6 Å². The summed E-state index contributed by atoms with van der Waals surface area (Å²) in [6.07, 6.45) is 0.103. The summed E-state index contributed by atoms with van der Waals surface area (Å²) in [4.78, 5) is 16.7. The summed E-state index contributed by atoms with van der Waals surface area (Å²) in [6, 6.07) is 15.4. The first-order valence-electron chi connectivity index (χ1n) is 8.71. The predicted molar refractivity (Wildman–Crippen MR) is 99.9 cm³/mol. The maximum atomic E-state index is 13.5. The fourth-order valence-corrected chi connectivity index (χ4v) is 2.59. The number of carbonyl (C=O) groups excluding carboxylic acids is 1. The molecule has 1 N–H and O–H groups in total. The third-order valence-corrected chi connectivity index (χ3v) is 3.97. The minimum absolute atomic E-state index is 0.103. The van der Waals surface area contributed by atoms with E-state index in [4.69, 9.17) is 9.15 Å². The van der Waals surface area contributed by atoms with Gasteiger partial charge >= 0.3 is 0 Å². The Morgan fingerprint density at radius 2 is 1.89 bits per heavy atom. The topological polar surface area (TPSA) is 64.4 Å². The molecule has 1 heterocycles. The van der Waals surface area contributed by atoms with Gasteiger partial charge in [-0.1, -0.05) is 30.3 Å². The van der Waals surface area contributed by atoms with Crippen LogP contribution in [0.5, 0.6) is 5.75 Å². The molecule has 1 unspecified atom stereocenters. The monoisotopic (exact) mass is 368 g/mol. The average Bonchev–Trinajstić information content (AvgIpc) is 3.02. The zero-order valence-corrected chi connectivity index (χ0v) is 15.2. The van der Waals surface area contributed by atoms with E-state index >= 15 is 0 Å². The van der Waals surface area contributed by atoms with Crippen LogP contribution in [-0.2, 0) is 11.2 Å².